The van der Waals surface area contributed by atoms with E-state index >= 15 is 0 Å². The third-order valence-corrected chi connectivity index (χ3v) is 7.70. The van der Waals surface area contributed by atoms with Crippen molar-refractivity contribution in [3.8, 4) is 0 Å². The molecule has 5 aliphatic carbocycles. The first-order valence-electron chi connectivity index (χ1n) is 9.43. The van der Waals surface area contributed by atoms with E-state index in [-0.39, 0.29) is 49.0 Å². The molecule has 0 aromatic heterocycles. The number of ether oxygens (including phenoxy) is 1. The maximum absolute atomic E-state index is 13.2. The zero-order valence-corrected chi connectivity index (χ0v) is 15.5. The van der Waals surface area contributed by atoms with Crippen LogP contribution >= 0.6 is 0 Å². The van der Waals surface area contributed by atoms with E-state index in [4.69, 9.17) is 4.74 Å². The van der Waals surface area contributed by atoms with Gasteiger partial charge in [-0.05, 0) is 30.6 Å². The summed E-state index contributed by atoms with van der Waals surface area (Å²) in [6, 6.07) is 0. The lowest BCUT2D eigenvalue weighted by atomic mass is 9.33. The van der Waals surface area contributed by atoms with Crippen LogP contribution in [-0.4, -0.2) is 35.9 Å². The molecule has 140 valence electrons. The topological polar surface area (TPSA) is 80.7 Å². The molecule has 5 rings (SSSR count). The van der Waals surface area contributed by atoms with Crippen molar-refractivity contribution in [2.45, 2.75) is 46.0 Å². The minimum absolute atomic E-state index is 0.00775. The van der Waals surface area contributed by atoms with Crippen molar-refractivity contribution in [2.24, 2.45) is 28.1 Å². The molecule has 5 atom stereocenters. The Morgan fingerprint density at radius 1 is 1.38 bits per heavy atom. The van der Waals surface area contributed by atoms with Gasteiger partial charge < -0.3 is 9.84 Å². The van der Waals surface area contributed by atoms with Crippen LogP contribution < -0.4 is 0 Å². The summed E-state index contributed by atoms with van der Waals surface area (Å²) in [6.07, 6.45) is 5.11. The Morgan fingerprint density at radius 2 is 2.12 bits per heavy atom. The molecule has 0 aliphatic heterocycles. The average molecular weight is 358 g/mol. The van der Waals surface area contributed by atoms with Gasteiger partial charge in [-0.3, -0.25) is 14.4 Å². The number of aliphatic hydroxyl groups is 1. The van der Waals surface area contributed by atoms with E-state index in [0.29, 0.717) is 12.0 Å². The van der Waals surface area contributed by atoms with Gasteiger partial charge in [0.1, 0.15) is 11.2 Å². The lowest BCUT2D eigenvalue weighted by Crippen LogP contribution is -2.71. The zero-order valence-electron chi connectivity index (χ0n) is 15.5. The van der Waals surface area contributed by atoms with Crippen LogP contribution in [0.3, 0.4) is 0 Å². The predicted molar refractivity (Wildman–Crippen MR) is 94.0 cm³/mol. The number of esters is 1. The number of Topliss-reactive ketones (excluding diaryl/α,β-unsaturated/α-hetero) is 2. The summed E-state index contributed by atoms with van der Waals surface area (Å²) < 4.78 is 5.50. The van der Waals surface area contributed by atoms with Gasteiger partial charge in [-0.1, -0.05) is 31.6 Å². The van der Waals surface area contributed by atoms with Crippen molar-refractivity contribution in [1.29, 1.82) is 0 Å². The molecule has 0 saturated heterocycles. The fourth-order valence-electron chi connectivity index (χ4n) is 6.59. The number of carbonyl (C=O) groups excluding carboxylic acids is 3. The molecule has 26 heavy (non-hydrogen) atoms. The van der Waals surface area contributed by atoms with Crippen molar-refractivity contribution in [1.82, 2.24) is 0 Å². The van der Waals surface area contributed by atoms with Gasteiger partial charge in [-0.15, -0.1) is 0 Å². The predicted octanol–water partition coefficient (Wildman–Crippen LogP) is 2.38. The second kappa shape index (κ2) is 5.38. The number of aliphatic hydroxyl groups excluding tert-OH is 1. The highest BCUT2D eigenvalue weighted by molar-refractivity contribution is 6.19. The molecule has 0 amide bonds. The van der Waals surface area contributed by atoms with E-state index in [1.54, 1.807) is 0 Å². The minimum Gasteiger partial charge on any atom is -0.465 e. The van der Waals surface area contributed by atoms with Crippen LogP contribution in [0, 0.1) is 28.1 Å². The summed E-state index contributed by atoms with van der Waals surface area (Å²) in [6.45, 7) is 7.45. The van der Waals surface area contributed by atoms with E-state index in [2.05, 4.69) is 6.58 Å². The van der Waals surface area contributed by atoms with Gasteiger partial charge in [0.2, 0.25) is 0 Å². The van der Waals surface area contributed by atoms with Gasteiger partial charge in [0, 0.05) is 36.9 Å². The number of carbonyl (C=O) groups is 3. The van der Waals surface area contributed by atoms with Crippen LogP contribution in [0.25, 0.3) is 0 Å². The fourth-order valence-corrected chi connectivity index (χ4v) is 6.59. The summed E-state index contributed by atoms with van der Waals surface area (Å²) >= 11 is 0. The number of ketones is 2. The molecule has 3 fully saturated rings. The Balaban J connectivity index is 1.87. The molecule has 5 heteroatoms. The molecule has 5 aliphatic rings. The van der Waals surface area contributed by atoms with Crippen molar-refractivity contribution < 1.29 is 24.2 Å². The molecule has 0 radical (unpaired) electrons. The average Bonchev–Trinajstić information content (AvgIpc) is 2.57. The molecular weight excluding hydrogens is 332 g/mol. The van der Waals surface area contributed by atoms with Gasteiger partial charge >= 0.3 is 5.97 Å². The molecule has 0 heterocycles. The zero-order chi connectivity index (χ0) is 18.9. The van der Waals surface area contributed by atoms with E-state index in [1.165, 1.54) is 6.92 Å². The van der Waals surface area contributed by atoms with Gasteiger partial charge in [0.15, 0.2) is 5.78 Å². The molecule has 1 spiro atoms. The third-order valence-electron chi connectivity index (χ3n) is 7.70. The maximum Gasteiger partial charge on any atom is 0.302 e. The summed E-state index contributed by atoms with van der Waals surface area (Å²) in [5.74, 6) is -0.837. The number of hydrogen-bond acceptors (Lipinski definition) is 5. The summed E-state index contributed by atoms with van der Waals surface area (Å²) in [4.78, 5) is 37.8. The monoisotopic (exact) mass is 358 g/mol. The Morgan fingerprint density at radius 3 is 2.77 bits per heavy atom. The summed E-state index contributed by atoms with van der Waals surface area (Å²) in [5, 5.41) is 10.1. The molecule has 3 saturated carbocycles. The summed E-state index contributed by atoms with van der Waals surface area (Å²) in [7, 11) is 0. The first-order chi connectivity index (χ1) is 12.2. The van der Waals surface area contributed by atoms with Gasteiger partial charge in [-0.2, -0.15) is 0 Å². The third kappa shape index (κ3) is 1.92. The van der Waals surface area contributed by atoms with Crippen LogP contribution in [0.5, 0.6) is 0 Å². The summed E-state index contributed by atoms with van der Waals surface area (Å²) in [5.41, 5.74) is -0.374. The lowest BCUT2D eigenvalue weighted by molar-refractivity contribution is -0.200. The molecular formula is C21H26O5. The molecule has 5 nitrogen and oxygen atoms in total. The van der Waals surface area contributed by atoms with Gasteiger partial charge in [0.05, 0.1) is 6.61 Å². The lowest BCUT2D eigenvalue weighted by Gasteiger charge is -2.68. The van der Waals surface area contributed by atoms with Crippen LogP contribution in [-0.2, 0) is 19.1 Å². The second-order valence-electron chi connectivity index (χ2n) is 9.01. The van der Waals surface area contributed by atoms with Gasteiger partial charge in [-0.25, -0.2) is 0 Å². The second-order valence-corrected chi connectivity index (χ2v) is 9.01. The number of allylic oxidation sites excluding steroid dienone is 3. The molecule has 0 aromatic carbocycles. The first kappa shape index (κ1) is 17.7. The highest BCUT2D eigenvalue weighted by Crippen LogP contribution is 2.73. The smallest absolute Gasteiger partial charge is 0.302 e. The van der Waals surface area contributed by atoms with Crippen LogP contribution in [0.15, 0.2) is 23.8 Å². The number of hydrogen-bond donors (Lipinski definition) is 1. The highest BCUT2D eigenvalue weighted by atomic mass is 16.5. The van der Waals surface area contributed by atoms with Crippen molar-refractivity contribution in [3.63, 3.8) is 0 Å². The standard InChI is InChI=1S/C21H26O5/c1-12-7-14-9-21(18(12)25)16(24)8-15-19(3,10-22)5-4-6-20(15,17(14)21)11-26-13(2)23/h7,15,17,22H,1,4-6,8-11H2,2-3H3/t15?,17?,19-,20-,21-/m0/s1. The Hall–Kier alpha value is -1.75. The number of rotatable bonds is 3. The molecule has 2 bridgehead atoms. The Bertz CT molecular complexity index is 764. The van der Waals surface area contributed by atoms with Crippen molar-refractivity contribution >= 4 is 17.5 Å². The maximum atomic E-state index is 13.2. The normalized spacial score (nSPS) is 43.8. The van der Waals surface area contributed by atoms with E-state index in [1.807, 2.05) is 13.0 Å². The quantitative estimate of drug-likeness (QED) is 0.476. The SMILES string of the molecule is C=C1C=C2C[C@@]3(C(=O)CC4[C@](C)(CO)CCC[C@@]4(COC(C)=O)C23)C1=O. The molecule has 0 aromatic rings. The Kier molecular flexibility index (Phi) is 3.65. The van der Waals surface area contributed by atoms with Crippen LogP contribution in [0.1, 0.15) is 46.0 Å². The molecule has 1 N–H and O–H groups in total. The van der Waals surface area contributed by atoms with E-state index < -0.39 is 16.2 Å². The highest BCUT2D eigenvalue weighted by Gasteiger charge is 2.75. The minimum atomic E-state index is -1.01. The van der Waals surface area contributed by atoms with Crippen LogP contribution in [0.4, 0.5) is 0 Å². The van der Waals surface area contributed by atoms with Crippen molar-refractivity contribution in [3.05, 3.63) is 23.8 Å². The first-order valence-corrected chi connectivity index (χ1v) is 9.43. The van der Waals surface area contributed by atoms with Crippen molar-refractivity contribution in [2.75, 3.05) is 13.2 Å². The van der Waals surface area contributed by atoms with E-state index in [0.717, 1.165) is 24.8 Å². The molecule has 2 unspecified atom stereocenters. The van der Waals surface area contributed by atoms with E-state index in [9.17, 15) is 19.5 Å². The largest absolute Gasteiger partial charge is 0.465 e. The van der Waals surface area contributed by atoms with Gasteiger partial charge in [0.25, 0.3) is 0 Å². The number of fused-ring (bicyclic) bond motifs is 3. The van der Waals surface area contributed by atoms with Crippen LogP contribution in [0.2, 0.25) is 0 Å². The fraction of sp³-hybridized carbons (Fsp3) is 0.667. The Labute approximate surface area is 153 Å².